The van der Waals surface area contributed by atoms with Crippen LogP contribution in [0.25, 0.3) is 0 Å². The lowest BCUT2D eigenvalue weighted by molar-refractivity contribution is -0.116. The highest BCUT2D eigenvalue weighted by molar-refractivity contribution is 7.89. The molecule has 0 spiro atoms. The van der Waals surface area contributed by atoms with Gasteiger partial charge in [0, 0.05) is 12.1 Å². The molecule has 1 amide bonds. The summed E-state index contributed by atoms with van der Waals surface area (Å²) >= 11 is 0. The first-order valence-corrected chi connectivity index (χ1v) is 8.64. The Bertz CT molecular complexity index is 815. The molecule has 2 aromatic rings. The van der Waals surface area contributed by atoms with Gasteiger partial charge in [-0.2, -0.15) is 4.31 Å². The lowest BCUT2D eigenvalue weighted by Gasteiger charge is -2.25. The summed E-state index contributed by atoms with van der Waals surface area (Å²) in [5, 5.41) is 6.09. The van der Waals surface area contributed by atoms with Crippen LogP contribution in [0.4, 0.5) is 10.2 Å². The number of carbonyl (C=O) groups is 1. The normalized spacial score (nSPS) is 11.9. The van der Waals surface area contributed by atoms with E-state index in [1.165, 1.54) is 18.2 Å². The molecule has 1 aromatic carbocycles. The smallest absolute Gasteiger partial charge is 0.243 e. The van der Waals surface area contributed by atoms with Gasteiger partial charge in [-0.25, -0.2) is 12.8 Å². The van der Waals surface area contributed by atoms with Crippen LogP contribution >= 0.6 is 0 Å². The number of carbonyl (C=O) groups excluding carboxylic acids is 1. The fourth-order valence-electron chi connectivity index (χ4n) is 2.04. The Balaban J connectivity index is 2.19. The van der Waals surface area contributed by atoms with E-state index in [4.69, 9.17) is 4.52 Å². The van der Waals surface area contributed by atoms with Crippen molar-refractivity contribution in [1.82, 2.24) is 9.46 Å². The molecule has 0 saturated heterocycles. The van der Waals surface area contributed by atoms with Gasteiger partial charge in [-0.3, -0.25) is 4.79 Å². The van der Waals surface area contributed by atoms with Gasteiger partial charge in [0.1, 0.15) is 11.6 Å². The molecule has 130 valence electrons. The van der Waals surface area contributed by atoms with E-state index >= 15 is 0 Å². The molecule has 0 aliphatic rings. The Labute approximate surface area is 139 Å². The third-order valence-corrected chi connectivity index (χ3v) is 5.23. The third-order valence-electron chi connectivity index (χ3n) is 3.19. The minimum atomic E-state index is -3.94. The lowest BCUT2D eigenvalue weighted by Crippen LogP contribution is -2.42. The number of amides is 1. The molecule has 0 bridgehead atoms. The number of benzene rings is 1. The maximum absolute atomic E-state index is 13.0. The number of hydrogen-bond acceptors (Lipinski definition) is 5. The minimum absolute atomic E-state index is 0.0809. The van der Waals surface area contributed by atoms with Crippen LogP contribution in [-0.2, 0) is 14.8 Å². The van der Waals surface area contributed by atoms with Crippen LogP contribution in [0.3, 0.4) is 0 Å². The van der Waals surface area contributed by atoms with E-state index in [9.17, 15) is 17.6 Å². The second-order valence-electron chi connectivity index (χ2n) is 5.47. The van der Waals surface area contributed by atoms with E-state index < -0.39 is 34.3 Å². The summed E-state index contributed by atoms with van der Waals surface area (Å²) in [6.07, 6.45) is 0. The van der Waals surface area contributed by atoms with Crippen molar-refractivity contribution >= 4 is 21.7 Å². The average molecular weight is 355 g/mol. The van der Waals surface area contributed by atoms with Crippen LogP contribution in [0, 0.1) is 12.7 Å². The van der Waals surface area contributed by atoms with Gasteiger partial charge in [0.2, 0.25) is 15.9 Å². The standard InChI is InChI=1S/C15H18FN3O4S/c1-10(2)19(9-15(20)17-14-8-11(3)23-18-14)24(21,22)13-6-4-12(16)5-7-13/h4-8,10H,9H2,1-3H3,(H,17,18,20). The van der Waals surface area contributed by atoms with Crippen LogP contribution in [0.5, 0.6) is 0 Å². The first-order valence-electron chi connectivity index (χ1n) is 7.20. The highest BCUT2D eigenvalue weighted by Crippen LogP contribution is 2.19. The van der Waals surface area contributed by atoms with Gasteiger partial charge < -0.3 is 9.84 Å². The van der Waals surface area contributed by atoms with Crippen molar-refractivity contribution in [1.29, 1.82) is 0 Å². The number of rotatable bonds is 6. The van der Waals surface area contributed by atoms with Crippen molar-refractivity contribution in [2.45, 2.75) is 31.7 Å². The van der Waals surface area contributed by atoms with Crippen LogP contribution in [0.1, 0.15) is 19.6 Å². The number of aryl methyl sites for hydroxylation is 1. The van der Waals surface area contributed by atoms with Crippen molar-refractivity contribution in [2.75, 3.05) is 11.9 Å². The van der Waals surface area contributed by atoms with Crippen molar-refractivity contribution in [3.8, 4) is 0 Å². The molecule has 0 aliphatic heterocycles. The van der Waals surface area contributed by atoms with Crippen LogP contribution in [0.15, 0.2) is 39.8 Å². The maximum atomic E-state index is 13.0. The molecule has 1 aromatic heterocycles. The van der Waals surface area contributed by atoms with Gasteiger partial charge in [-0.15, -0.1) is 0 Å². The Morgan fingerprint density at radius 1 is 1.33 bits per heavy atom. The highest BCUT2D eigenvalue weighted by atomic mass is 32.2. The fourth-order valence-corrected chi connectivity index (χ4v) is 3.63. The minimum Gasteiger partial charge on any atom is -0.360 e. The summed E-state index contributed by atoms with van der Waals surface area (Å²) in [6, 6.07) is 5.50. The zero-order valence-electron chi connectivity index (χ0n) is 13.5. The molecule has 0 saturated carbocycles. The van der Waals surface area contributed by atoms with E-state index in [1.807, 2.05) is 0 Å². The number of halogens is 1. The van der Waals surface area contributed by atoms with Crippen LogP contribution in [0.2, 0.25) is 0 Å². The van der Waals surface area contributed by atoms with Gasteiger partial charge in [0.05, 0.1) is 11.4 Å². The Morgan fingerprint density at radius 3 is 2.46 bits per heavy atom. The highest BCUT2D eigenvalue weighted by Gasteiger charge is 2.29. The van der Waals surface area contributed by atoms with E-state index in [0.717, 1.165) is 16.4 Å². The number of anilines is 1. The molecule has 0 radical (unpaired) electrons. The predicted octanol–water partition coefficient (Wildman–Crippen LogP) is 2.16. The Kier molecular flexibility index (Phi) is 5.35. The molecule has 7 nitrogen and oxygen atoms in total. The predicted molar refractivity (Wildman–Crippen MR) is 85.3 cm³/mol. The summed E-state index contributed by atoms with van der Waals surface area (Å²) in [5.41, 5.74) is 0. The number of aromatic nitrogens is 1. The quantitative estimate of drug-likeness (QED) is 0.857. The summed E-state index contributed by atoms with van der Waals surface area (Å²) < 4.78 is 44.2. The maximum Gasteiger partial charge on any atom is 0.243 e. The van der Waals surface area contributed by atoms with Crippen molar-refractivity contribution in [2.24, 2.45) is 0 Å². The molecule has 0 atom stereocenters. The molecule has 1 heterocycles. The number of sulfonamides is 1. The van der Waals surface area contributed by atoms with Gasteiger partial charge >= 0.3 is 0 Å². The average Bonchev–Trinajstić information content (AvgIpc) is 2.90. The van der Waals surface area contributed by atoms with E-state index in [-0.39, 0.29) is 10.7 Å². The number of nitrogens with one attached hydrogen (secondary N) is 1. The second-order valence-corrected chi connectivity index (χ2v) is 7.36. The molecule has 24 heavy (non-hydrogen) atoms. The van der Waals surface area contributed by atoms with E-state index in [2.05, 4.69) is 10.5 Å². The third kappa shape index (κ3) is 4.18. The first kappa shape index (κ1) is 18.1. The molecular formula is C15H18FN3O4S. The fraction of sp³-hybridized carbons (Fsp3) is 0.333. The molecule has 9 heteroatoms. The molecule has 0 fully saturated rings. The van der Waals surface area contributed by atoms with Crippen LogP contribution in [-0.4, -0.2) is 36.4 Å². The summed E-state index contributed by atoms with van der Waals surface area (Å²) in [5.74, 6) is -0.364. The van der Waals surface area contributed by atoms with Gasteiger partial charge in [-0.1, -0.05) is 5.16 Å². The zero-order valence-corrected chi connectivity index (χ0v) is 14.3. The topological polar surface area (TPSA) is 92.5 Å². The zero-order chi connectivity index (χ0) is 17.9. The van der Waals surface area contributed by atoms with E-state index in [0.29, 0.717) is 5.76 Å². The first-order chi connectivity index (χ1) is 11.2. The Morgan fingerprint density at radius 2 is 1.96 bits per heavy atom. The number of hydrogen-bond donors (Lipinski definition) is 1. The second kappa shape index (κ2) is 7.10. The molecule has 2 rings (SSSR count). The van der Waals surface area contributed by atoms with Gasteiger partial charge in [0.15, 0.2) is 5.82 Å². The molecule has 1 N–H and O–H groups in total. The van der Waals surface area contributed by atoms with Crippen molar-refractivity contribution in [3.63, 3.8) is 0 Å². The summed E-state index contributed by atoms with van der Waals surface area (Å²) in [7, 11) is -3.94. The molecule has 0 aliphatic carbocycles. The Hall–Kier alpha value is -2.26. The van der Waals surface area contributed by atoms with Gasteiger partial charge in [-0.05, 0) is 45.0 Å². The molecular weight excluding hydrogens is 337 g/mol. The molecule has 0 unspecified atom stereocenters. The summed E-state index contributed by atoms with van der Waals surface area (Å²) in [6.45, 7) is 4.56. The lowest BCUT2D eigenvalue weighted by atomic mass is 10.3. The van der Waals surface area contributed by atoms with Crippen molar-refractivity contribution < 1.29 is 22.1 Å². The van der Waals surface area contributed by atoms with Crippen LogP contribution < -0.4 is 5.32 Å². The van der Waals surface area contributed by atoms with Gasteiger partial charge in [0.25, 0.3) is 0 Å². The largest absolute Gasteiger partial charge is 0.360 e. The number of nitrogens with zero attached hydrogens (tertiary/aromatic N) is 2. The van der Waals surface area contributed by atoms with Crippen molar-refractivity contribution in [3.05, 3.63) is 41.9 Å². The summed E-state index contributed by atoms with van der Waals surface area (Å²) in [4.78, 5) is 12.0. The van der Waals surface area contributed by atoms with E-state index in [1.54, 1.807) is 20.8 Å². The SMILES string of the molecule is Cc1cc(NC(=O)CN(C(C)C)S(=O)(=O)c2ccc(F)cc2)no1. The monoisotopic (exact) mass is 355 g/mol.